The molecule has 2 heterocycles. The maximum absolute atomic E-state index is 12.6. The van der Waals surface area contributed by atoms with Crippen LogP contribution in [0.3, 0.4) is 0 Å². The van der Waals surface area contributed by atoms with E-state index >= 15 is 0 Å². The van der Waals surface area contributed by atoms with Gasteiger partial charge in [0.2, 0.25) is 5.91 Å². The van der Waals surface area contributed by atoms with E-state index in [1.54, 1.807) is 11.3 Å². The van der Waals surface area contributed by atoms with E-state index in [1.807, 2.05) is 35.2 Å². The second-order valence-electron chi connectivity index (χ2n) is 5.41. The fraction of sp³-hybridized carbons (Fsp3) is 0.353. The molecule has 0 bridgehead atoms. The monoisotopic (exact) mass is 334 g/mol. The summed E-state index contributed by atoms with van der Waals surface area (Å²) in [5.41, 5.74) is 1.03. The number of hydrogen-bond donors (Lipinski definition) is 1. The minimum Gasteiger partial charge on any atom is -0.333 e. The molecular formula is C17H19ClN2OS. The third-order valence-corrected chi connectivity index (χ3v) is 5.27. The first kappa shape index (κ1) is 15.5. The predicted octanol–water partition coefficient (Wildman–Crippen LogP) is 3.51. The number of nitrogens with one attached hydrogen (secondary N) is 1. The molecule has 1 N–H and O–H groups in total. The molecule has 3 nitrogen and oxygen atoms in total. The molecule has 22 heavy (non-hydrogen) atoms. The van der Waals surface area contributed by atoms with Gasteiger partial charge >= 0.3 is 0 Å². The summed E-state index contributed by atoms with van der Waals surface area (Å²) < 4.78 is 0. The Balaban J connectivity index is 1.72. The van der Waals surface area contributed by atoms with E-state index in [-0.39, 0.29) is 11.9 Å². The number of carbonyl (C=O) groups is 1. The highest BCUT2D eigenvalue weighted by Crippen LogP contribution is 2.29. The van der Waals surface area contributed by atoms with E-state index in [4.69, 9.17) is 11.6 Å². The number of amides is 1. The van der Waals surface area contributed by atoms with E-state index in [9.17, 15) is 4.79 Å². The van der Waals surface area contributed by atoms with E-state index in [0.717, 1.165) is 36.6 Å². The maximum Gasteiger partial charge on any atom is 0.223 e. The number of piperazine rings is 1. The van der Waals surface area contributed by atoms with Gasteiger partial charge in [-0.1, -0.05) is 35.9 Å². The van der Waals surface area contributed by atoms with Gasteiger partial charge in [0.15, 0.2) is 0 Å². The van der Waals surface area contributed by atoms with Gasteiger partial charge < -0.3 is 10.2 Å². The summed E-state index contributed by atoms with van der Waals surface area (Å²) in [5.74, 6) is 0.208. The zero-order valence-electron chi connectivity index (χ0n) is 12.3. The summed E-state index contributed by atoms with van der Waals surface area (Å²) in [4.78, 5) is 15.9. The molecule has 1 aromatic heterocycles. The van der Waals surface area contributed by atoms with Gasteiger partial charge in [0.1, 0.15) is 0 Å². The molecule has 1 unspecified atom stereocenters. The lowest BCUT2D eigenvalue weighted by Crippen LogP contribution is -2.48. The second kappa shape index (κ2) is 7.27. The van der Waals surface area contributed by atoms with Crippen molar-refractivity contribution in [2.75, 3.05) is 19.6 Å². The Labute approximate surface area is 139 Å². The highest BCUT2D eigenvalue weighted by molar-refractivity contribution is 7.09. The molecule has 3 rings (SSSR count). The highest BCUT2D eigenvalue weighted by Gasteiger charge is 2.28. The van der Waals surface area contributed by atoms with Crippen molar-refractivity contribution in [1.82, 2.24) is 10.2 Å². The van der Waals surface area contributed by atoms with Gasteiger partial charge in [-0.25, -0.2) is 0 Å². The summed E-state index contributed by atoms with van der Waals surface area (Å²) in [5, 5.41) is 6.15. The van der Waals surface area contributed by atoms with Gasteiger partial charge in [-0.3, -0.25) is 4.79 Å². The second-order valence-corrected chi connectivity index (χ2v) is 6.85. The van der Waals surface area contributed by atoms with Crippen LogP contribution in [0.2, 0.25) is 5.02 Å². The van der Waals surface area contributed by atoms with Gasteiger partial charge in [-0.05, 0) is 29.5 Å². The minimum atomic E-state index is 0.0262. The fourth-order valence-electron chi connectivity index (χ4n) is 2.85. The van der Waals surface area contributed by atoms with Crippen molar-refractivity contribution in [1.29, 1.82) is 0 Å². The van der Waals surface area contributed by atoms with Crippen LogP contribution in [0.1, 0.15) is 22.9 Å². The quantitative estimate of drug-likeness (QED) is 0.928. The maximum atomic E-state index is 12.6. The molecular weight excluding hydrogens is 316 g/mol. The predicted molar refractivity (Wildman–Crippen MR) is 91.4 cm³/mol. The van der Waals surface area contributed by atoms with Crippen molar-refractivity contribution in [2.45, 2.75) is 18.9 Å². The molecule has 2 aromatic rings. The summed E-state index contributed by atoms with van der Waals surface area (Å²) in [6, 6.07) is 11.9. The van der Waals surface area contributed by atoms with Gasteiger partial charge in [0.25, 0.3) is 0 Å². The Morgan fingerprint density at radius 1 is 1.32 bits per heavy atom. The first-order chi connectivity index (χ1) is 10.8. The van der Waals surface area contributed by atoms with Crippen LogP contribution in [0.15, 0.2) is 41.8 Å². The van der Waals surface area contributed by atoms with E-state index in [0.29, 0.717) is 6.42 Å². The fourth-order valence-corrected chi connectivity index (χ4v) is 3.83. The van der Waals surface area contributed by atoms with Crippen LogP contribution < -0.4 is 5.32 Å². The van der Waals surface area contributed by atoms with Crippen LogP contribution in [0, 0.1) is 0 Å². The van der Waals surface area contributed by atoms with Gasteiger partial charge in [0, 0.05) is 36.0 Å². The van der Waals surface area contributed by atoms with Crippen molar-refractivity contribution in [3.05, 3.63) is 57.2 Å². The Morgan fingerprint density at radius 3 is 2.95 bits per heavy atom. The van der Waals surface area contributed by atoms with Crippen molar-refractivity contribution in [3.8, 4) is 0 Å². The molecule has 0 radical (unpaired) electrons. The molecule has 0 saturated carbocycles. The zero-order valence-corrected chi connectivity index (χ0v) is 13.9. The average molecular weight is 335 g/mol. The number of carbonyl (C=O) groups excluding carboxylic acids is 1. The number of nitrogens with zero attached hydrogens (tertiary/aromatic N) is 1. The zero-order chi connectivity index (χ0) is 15.4. The van der Waals surface area contributed by atoms with Crippen LogP contribution in [-0.4, -0.2) is 30.4 Å². The number of halogens is 1. The van der Waals surface area contributed by atoms with Crippen LogP contribution in [0.5, 0.6) is 0 Å². The van der Waals surface area contributed by atoms with Gasteiger partial charge in [0.05, 0.1) is 6.04 Å². The third-order valence-electron chi connectivity index (χ3n) is 3.99. The Hall–Kier alpha value is -1.36. The first-order valence-electron chi connectivity index (χ1n) is 7.52. The molecule has 1 amide bonds. The highest BCUT2D eigenvalue weighted by atomic mass is 35.5. The summed E-state index contributed by atoms with van der Waals surface area (Å²) >= 11 is 8.03. The van der Waals surface area contributed by atoms with Gasteiger partial charge in [-0.15, -0.1) is 11.3 Å². The molecule has 0 spiro atoms. The lowest BCUT2D eigenvalue weighted by atomic mass is 10.0. The Bertz CT molecular complexity index is 629. The number of aryl methyl sites for hydroxylation is 1. The molecule has 1 aliphatic rings. The SMILES string of the molecule is O=C(CCc1cccs1)N1CCNCC1c1ccccc1Cl. The normalized spacial score (nSPS) is 18.4. The third kappa shape index (κ3) is 3.51. The summed E-state index contributed by atoms with van der Waals surface area (Å²) in [7, 11) is 0. The smallest absolute Gasteiger partial charge is 0.223 e. The number of rotatable bonds is 4. The molecule has 1 aromatic carbocycles. The van der Waals surface area contributed by atoms with Crippen molar-refractivity contribution in [2.24, 2.45) is 0 Å². The lowest BCUT2D eigenvalue weighted by molar-refractivity contribution is -0.134. The topological polar surface area (TPSA) is 32.3 Å². The largest absolute Gasteiger partial charge is 0.333 e. The van der Waals surface area contributed by atoms with Gasteiger partial charge in [-0.2, -0.15) is 0 Å². The Kier molecular flexibility index (Phi) is 5.13. The lowest BCUT2D eigenvalue weighted by Gasteiger charge is -2.37. The Morgan fingerprint density at radius 2 is 2.18 bits per heavy atom. The number of hydrogen-bond acceptors (Lipinski definition) is 3. The molecule has 0 aliphatic carbocycles. The van der Waals surface area contributed by atoms with E-state index in [2.05, 4.69) is 16.8 Å². The van der Waals surface area contributed by atoms with E-state index in [1.165, 1.54) is 4.88 Å². The molecule has 116 valence electrons. The molecule has 1 atom stereocenters. The molecule has 1 fully saturated rings. The number of benzene rings is 1. The first-order valence-corrected chi connectivity index (χ1v) is 8.78. The van der Waals surface area contributed by atoms with Crippen LogP contribution in [0.4, 0.5) is 0 Å². The minimum absolute atomic E-state index is 0.0262. The molecule has 1 aliphatic heterocycles. The van der Waals surface area contributed by atoms with Crippen LogP contribution >= 0.6 is 22.9 Å². The average Bonchev–Trinajstić information content (AvgIpc) is 3.06. The molecule has 5 heteroatoms. The number of thiophene rings is 1. The van der Waals surface area contributed by atoms with E-state index < -0.39 is 0 Å². The van der Waals surface area contributed by atoms with Crippen molar-refractivity contribution in [3.63, 3.8) is 0 Å². The summed E-state index contributed by atoms with van der Waals surface area (Å²) in [6.07, 6.45) is 1.37. The van der Waals surface area contributed by atoms with Crippen molar-refractivity contribution < 1.29 is 4.79 Å². The molecule has 1 saturated heterocycles. The standard InChI is InChI=1S/C17H19ClN2OS/c18-15-6-2-1-5-14(15)16-12-19-9-10-20(16)17(21)8-7-13-4-3-11-22-13/h1-6,11,16,19H,7-10,12H2. The summed E-state index contributed by atoms with van der Waals surface area (Å²) in [6.45, 7) is 2.33. The van der Waals surface area contributed by atoms with Crippen LogP contribution in [0.25, 0.3) is 0 Å². The van der Waals surface area contributed by atoms with Crippen LogP contribution in [-0.2, 0) is 11.2 Å². The van der Waals surface area contributed by atoms with Crippen molar-refractivity contribution >= 4 is 28.8 Å².